The number of rotatable bonds is 5. The summed E-state index contributed by atoms with van der Waals surface area (Å²) >= 11 is 7.26. The van der Waals surface area contributed by atoms with Gasteiger partial charge < -0.3 is 9.88 Å². The fourth-order valence-electron chi connectivity index (χ4n) is 1.61. The fraction of sp³-hybridized carbons (Fsp3) is 0.286. The number of aryl methyl sites for hydroxylation is 1. The van der Waals surface area contributed by atoms with Crippen LogP contribution < -0.4 is 5.32 Å². The summed E-state index contributed by atoms with van der Waals surface area (Å²) in [5.74, 6) is -0.00653. The van der Waals surface area contributed by atoms with Crippen molar-refractivity contribution in [3.05, 3.63) is 47.2 Å². The first-order chi connectivity index (χ1) is 9.56. The molecule has 0 bridgehead atoms. The molecule has 1 atom stereocenters. The predicted molar refractivity (Wildman–Crippen MR) is 81.8 cm³/mol. The lowest BCUT2D eigenvalue weighted by Crippen LogP contribution is -2.30. The maximum Gasteiger partial charge on any atom is 0.233 e. The van der Waals surface area contributed by atoms with Crippen LogP contribution in [0.15, 0.2) is 41.8 Å². The number of nitrogens with zero attached hydrogens (tertiary/aromatic N) is 2. The lowest BCUT2D eigenvalue weighted by Gasteiger charge is -2.11. The molecule has 0 radical (unpaired) electrons. The number of amides is 1. The summed E-state index contributed by atoms with van der Waals surface area (Å²) in [4.78, 5) is 16.2. The van der Waals surface area contributed by atoms with E-state index in [1.807, 2.05) is 49.0 Å². The zero-order valence-electron chi connectivity index (χ0n) is 11.3. The summed E-state index contributed by atoms with van der Waals surface area (Å²) in [6.45, 7) is 2.37. The lowest BCUT2D eigenvalue weighted by atomic mass is 10.2. The smallest absolute Gasteiger partial charge is 0.233 e. The minimum absolute atomic E-state index is 0.00653. The Kier molecular flexibility index (Phi) is 5.09. The molecule has 6 heteroatoms. The molecule has 0 saturated heterocycles. The standard InChI is InChI=1S/C14H16ClN3OS/c1-10(20-14-16-7-8-18(14)2)13(19)17-9-11-3-5-12(15)6-4-11/h3-8,10H,9H2,1-2H3,(H,17,19). The first-order valence-electron chi connectivity index (χ1n) is 6.22. The van der Waals surface area contributed by atoms with Gasteiger partial charge in [-0.05, 0) is 24.6 Å². The highest BCUT2D eigenvalue weighted by Gasteiger charge is 2.16. The van der Waals surface area contributed by atoms with E-state index in [1.165, 1.54) is 11.8 Å². The Morgan fingerprint density at radius 3 is 2.75 bits per heavy atom. The van der Waals surface area contributed by atoms with Gasteiger partial charge in [-0.2, -0.15) is 0 Å². The Morgan fingerprint density at radius 1 is 1.45 bits per heavy atom. The van der Waals surface area contributed by atoms with Gasteiger partial charge >= 0.3 is 0 Å². The normalized spacial score (nSPS) is 12.2. The third kappa shape index (κ3) is 4.02. The number of aromatic nitrogens is 2. The van der Waals surface area contributed by atoms with Gasteiger partial charge in [-0.15, -0.1) is 0 Å². The summed E-state index contributed by atoms with van der Waals surface area (Å²) in [7, 11) is 1.91. The molecule has 4 nitrogen and oxygen atoms in total. The van der Waals surface area contributed by atoms with Crippen molar-refractivity contribution in [2.45, 2.75) is 23.9 Å². The van der Waals surface area contributed by atoms with Crippen molar-refractivity contribution in [2.75, 3.05) is 0 Å². The van der Waals surface area contributed by atoms with Crippen molar-refractivity contribution in [1.29, 1.82) is 0 Å². The van der Waals surface area contributed by atoms with Crippen LogP contribution in [0.3, 0.4) is 0 Å². The van der Waals surface area contributed by atoms with Crippen molar-refractivity contribution in [2.24, 2.45) is 7.05 Å². The number of imidazole rings is 1. The molecule has 0 aliphatic heterocycles. The molecule has 1 aromatic heterocycles. The number of benzene rings is 1. The second-order valence-electron chi connectivity index (χ2n) is 4.43. The number of hydrogen-bond acceptors (Lipinski definition) is 3. The monoisotopic (exact) mass is 309 g/mol. The summed E-state index contributed by atoms with van der Waals surface area (Å²) in [6, 6.07) is 7.43. The number of nitrogens with one attached hydrogen (secondary N) is 1. The highest BCUT2D eigenvalue weighted by atomic mass is 35.5. The molecular formula is C14H16ClN3OS. The van der Waals surface area contributed by atoms with Gasteiger partial charge in [-0.3, -0.25) is 4.79 Å². The van der Waals surface area contributed by atoms with E-state index < -0.39 is 0 Å². The zero-order chi connectivity index (χ0) is 14.5. The molecule has 2 rings (SSSR count). The molecule has 106 valence electrons. The quantitative estimate of drug-likeness (QED) is 0.864. The molecule has 2 aromatic rings. The Bertz CT molecular complexity index is 582. The maximum absolute atomic E-state index is 12.0. The van der Waals surface area contributed by atoms with Crippen LogP contribution in [0, 0.1) is 0 Å². The first kappa shape index (κ1) is 14.9. The van der Waals surface area contributed by atoms with E-state index in [2.05, 4.69) is 10.3 Å². The van der Waals surface area contributed by atoms with E-state index in [-0.39, 0.29) is 11.2 Å². The molecule has 0 fully saturated rings. The van der Waals surface area contributed by atoms with Gasteiger partial charge in [0.15, 0.2) is 5.16 Å². The molecule has 1 amide bonds. The van der Waals surface area contributed by atoms with Crippen LogP contribution in [-0.2, 0) is 18.4 Å². The van der Waals surface area contributed by atoms with E-state index >= 15 is 0 Å². The van der Waals surface area contributed by atoms with E-state index in [0.717, 1.165) is 10.7 Å². The van der Waals surface area contributed by atoms with E-state index in [1.54, 1.807) is 6.20 Å². The minimum atomic E-state index is -0.191. The van der Waals surface area contributed by atoms with Crippen molar-refractivity contribution in [1.82, 2.24) is 14.9 Å². The molecule has 1 aromatic carbocycles. The Balaban J connectivity index is 1.85. The van der Waals surface area contributed by atoms with E-state index in [4.69, 9.17) is 11.6 Å². The molecule has 0 aliphatic carbocycles. The molecule has 0 saturated carbocycles. The van der Waals surface area contributed by atoms with Gasteiger partial charge in [-0.1, -0.05) is 35.5 Å². The molecule has 1 unspecified atom stereocenters. The molecule has 20 heavy (non-hydrogen) atoms. The van der Waals surface area contributed by atoms with E-state index in [0.29, 0.717) is 11.6 Å². The van der Waals surface area contributed by atoms with Gasteiger partial charge in [0.25, 0.3) is 0 Å². The number of carbonyl (C=O) groups is 1. The van der Waals surface area contributed by atoms with Crippen molar-refractivity contribution in [3.63, 3.8) is 0 Å². The highest BCUT2D eigenvalue weighted by Crippen LogP contribution is 2.20. The Labute approximate surface area is 127 Å². The van der Waals surface area contributed by atoms with Crippen LogP contribution in [0.4, 0.5) is 0 Å². The van der Waals surface area contributed by atoms with Crippen LogP contribution in [0.25, 0.3) is 0 Å². The SMILES string of the molecule is CC(Sc1nccn1C)C(=O)NCc1ccc(Cl)cc1. The number of hydrogen-bond donors (Lipinski definition) is 1. The Hall–Kier alpha value is -1.46. The van der Waals surface area contributed by atoms with Crippen LogP contribution in [-0.4, -0.2) is 20.7 Å². The first-order valence-corrected chi connectivity index (χ1v) is 7.48. The average molecular weight is 310 g/mol. The molecule has 1 N–H and O–H groups in total. The lowest BCUT2D eigenvalue weighted by molar-refractivity contribution is -0.120. The summed E-state index contributed by atoms with van der Waals surface area (Å²) in [5, 5.41) is 4.24. The van der Waals surface area contributed by atoms with Gasteiger partial charge in [0, 0.05) is 31.0 Å². The van der Waals surface area contributed by atoms with Crippen molar-refractivity contribution >= 4 is 29.3 Å². The van der Waals surface area contributed by atoms with Crippen molar-refractivity contribution in [3.8, 4) is 0 Å². The van der Waals surface area contributed by atoms with Crippen LogP contribution in [0.5, 0.6) is 0 Å². The fourth-order valence-corrected chi connectivity index (χ4v) is 2.59. The topological polar surface area (TPSA) is 46.9 Å². The van der Waals surface area contributed by atoms with Crippen LogP contribution >= 0.6 is 23.4 Å². The summed E-state index contributed by atoms with van der Waals surface area (Å²) < 4.78 is 1.90. The third-order valence-corrected chi connectivity index (χ3v) is 4.23. The van der Waals surface area contributed by atoms with Crippen LogP contribution in [0.2, 0.25) is 5.02 Å². The minimum Gasteiger partial charge on any atom is -0.351 e. The predicted octanol–water partition coefficient (Wildman–Crippen LogP) is 2.87. The Morgan fingerprint density at radius 2 is 2.15 bits per heavy atom. The molecule has 0 spiro atoms. The van der Waals surface area contributed by atoms with Gasteiger partial charge in [0.2, 0.25) is 5.91 Å². The van der Waals surface area contributed by atoms with Crippen LogP contribution in [0.1, 0.15) is 12.5 Å². The number of thioether (sulfide) groups is 1. The second-order valence-corrected chi connectivity index (χ2v) is 6.17. The molecular weight excluding hydrogens is 294 g/mol. The van der Waals surface area contributed by atoms with Crippen molar-refractivity contribution < 1.29 is 4.79 Å². The summed E-state index contributed by atoms with van der Waals surface area (Å²) in [5.41, 5.74) is 1.02. The average Bonchev–Trinajstić information content (AvgIpc) is 2.83. The maximum atomic E-state index is 12.0. The third-order valence-electron chi connectivity index (χ3n) is 2.81. The zero-order valence-corrected chi connectivity index (χ0v) is 12.9. The van der Waals surface area contributed by atoms with Gasteiger partial charge in [0.05, 0.1) is 5.25 Å². The number of carbonyl (C=O) groups excluding carboxylic acids is 1. The molecule has 1 heterocycles. The van der Waals surface area contributed by atoms with E-state index in [9.17, 15) is 4.79 Å². The number of halogens is 1. The largest absolute Gasteiger partial charge is 0.351 e. The summed E-state index contributed by atoms with van der Waals surface area (Å²) in [6.07, 6.45) is 3.58. The van der Waals surface area contributed by atoms with Gasteiger partial charge in [0.1, 0.15) is 0 Å². The van der Waals surface area contributed by atoms with Gasteiger partial charge in [-0.25, -0.2) is 4.98 Å². The second kappa shape index (κ2) is 6.81. The molecule has 0 aliphatic rings. The highest BCUT2D eigenvalue weighted by molar-refractivity contribution is 8.00.